The van der Waals surface area contributed by atoms with Crippen LogP contribution in [-0.4, -0.2) is 19.2 Å². The lowest BCUT2D eigenvalue weighted by Gasteiger charge is -2.09. The minimum Gasteiger partial charge on any atom is -0.496 e. The van der Waals surface area contributed by atoms with Crippen molar-refractivity contribution in [2.24, 2.45) is 5.10 Å². The molecule has 0 fully saturated rings. The quantitative estimate of drug-likeness (QED) is 0.190. The molecule has 154 valence electrons. The van der Waals surface area contributed by atoms with Gasteiger partial charge in [-0.2, -0.15) is 5.10 Å². The van der Waals surface area contributed by atoms with Crippen LogP contribution < -0.4 is 14.9 Å². The molecule has 5 nitrogen and oxygen atoms in total. The topological polar surface area (TPSA) is 59.9 Å². The second-order valence-corrected chi connectivity index (χ2v) is 9.09. The molecule has 0 heterocycles. The van der Waals surface area contributed by atoms with Crippen molar-refractivity contribution in [1.29, 1.82) is 0 Å². The van der Waals surface area contributed by atoms with E-state index in [0.717, 1.165) is 29.4 Å². The van der Waals surface area contributed by atoms with Crippen LogP contribution in [0.2, 0.25) is 0 Å². The molecule has 0 aliphatic carbocycles. The van der Waals surface area contributed by atoms with E-state index in [1.165, 1.54) is 0 Å². The number of halogens is 3. The minimum absolute atomic E-state index is 0.311. The maximum atomic E-state index is 12.3. The molecule has 3 aromatic rings. The van der Waals surface area contributed by atoms with Gasteiger partial charge in [-0.25, -0.2) is 5.43 Å². The van der Waals surface area contributed by atoms with Crippen molar-refractivity contribution in [3.05, 3.63) is 89.9 Å². The summed E-state index contributed by atoms with van der Waals surface area (Å²) in [7, 11) is 1.57. The molecular formula is C22H17Br2IN2O3. The highest BCUT2D eigenvalue weighted by Crippen LogP contribution is 2.26. The number of rotatable bonds is 7. The van der Waals surface area contributed by atoms with Crippen molar-refractivity contribution < 1.29 is 14.3 Å². The molecule has 8 heteroatoms. The zero-order chi connectivity index (χ0) is 21.5. The molecule has 30 heavy (non-hydrogen) atoms. The van der Waals surface area contributed by atoms with Crippen LogP contribution >= 0.6 is 54.5 Å². The number of hydrogen-bond acceptors (Lipinski definition) is 4. The smallest absolute Gasteiger partial charge is 0.271 e. The van der Waals surface area contributed by atoms with Crippen molar-refractivity contribution in [3.63, 3.8) is 0 Å². The van der Waals surface area contributed by atoms with Crippen LogP contribution in [0.5, 0.6) is 11.5 Å². The van der Waals surface area contributed by atoms with Crippen molar-refractivity contribution in [1.82, 2.24) is 5.43 Å². The van der Waals surface area contributed by atoms with E-state index in [9.17, 15) is 4.79 Å². The van der Waals surface area contributed by atoms with Crippen LogP contribution in [0.3, 0.4) is 0 Å². The average Bonchev–Trinajstić information content (AvgIpc) is 2.74. The van der Waals surface area contributed by atoms with Gasteiger partial charge in [0, 0.05) is 10.0 Å². The maximum absolute atomic E-state index is 12.3. The summed E-state index contributed by atoms with van der Waals surface area (Å²) < 4.78 is 13.9. The van der Waals surface area contributed by atoms with E-state index in [4.69, 9.17) is 9.47 Å². The van der Waals surface area contributed by atoms with Crippen LogP contribution in [0.25, 0.3) is 0 Å². The van der Waals surface area contributed by atoms with Crippen LogP contribution in [0.15, 0.2) is 74.7 Å². The first-order chi connectivity index (χ1) is 14.5. The summed E-state index contributed by atoms with van der Waals surface area (Å²) in [6, 6.07) is 18.8. The Bertz CT molecular complexity index is 1070. The van der Waals surface area contributed by atoms with Crippen LogP contribution in [-0.2, 0) is 6.61 Å². The van der Waals surface area contributed by atoms with Crippen molar-refractivity contribution in [2.75, 3.05) is 7.11 Å². The molecule has 0 unspecified atom stereocenters. The number of methoxy groups -OCH3 is 1. The van der Waals surface area contributed by atoms with E-state index < -0.39 is 0 Å². The van der Waals surface area contributed by atoms with Crippen LogP contribution in [0.4, 0.5) is 0 Å². The van der Waals surface area contributed by atoms with Gasteiger partial charge in [0.15, 0.2) is 0 Å². The molecule has 0 bridgehead atoms. The molecule has 3 aromatic carbocycles. The summed E-state index contributed by atoms with van der Waals surface area (Å²) in [5.41, 5.74) is 4.89. The van der Waals surface area contributed by atoms with E-state index in [2.05, 4.69) is 65.0 Å². The highest BCUT2D eigenvalue weighted by molar-refractivity contribution is 14.1. The highest BCUT2D eigenvalue weighted by atomic mass is 127. The third-order valence-corrected chi connectivity index (χ3v) is 6.10. The van der Waals surface area contributed by atoms with Gasteiger partial charge >= 0.3 is 0 Å². The Morgan fingerprint density at radius 1 is 1.07 bits per heavy atom. The number of nitrogens with one attached hydrogen (secondary N) is 1. The number of carbonyl (C=O) groups is 1. The highest BCUT2D eigenvalue weighted by Gasteiger charge is 2.08. The molecule has 0 saturated heterocycles. The van der Waals surface area contributed by atoms with Crippen molar-refractivity contribution in [3.8, 4) is 11.5 Å². The summed E-state index contributed by atoms with van der Waals surface area (Å²) in [6.07, 6.45) is 1.57. The molecule has 1 amide bonds. The van der Waals surface area contributed by atoms with Crippen molar-refractivity contribution >= 4 is 66.6 Å². The van der Waals surface area contributed by atoms with Gasteiger partial charge in [-0.05, 0) is 98.2 Å². The van der Waals surface area contributed by atoms with Gasteiger partial charge in [-0.15, -0.1) is 0 Å². The van der Waals surface area contributed by atoms with E-state index in [0.29, 0.717) is 17.9 Å². The van der Waals surface area contributed by atoms with Gasteiger partial charge in [-0.3, -0.25) is 4.79 Å². The number of hydrogen-bond donors (Lipinski definition) is 1. The van der Waals surface area contributed by atoms with Gasteiger partial charge in [0.25, 0.3) is 5.91 Å². The zero-order valence-electron chi connectivity index (χ0n) is 15.9. The summed E-state index contributed by atoms with van der Waals surface area (Å²) in [6.45, 7) is 0.467. The second-order valence-electron chi connectivity index (χ2n) is 6.15. The average molecular weight is 644 g/mol. The van der Waals surface area contributed by atoms with Gasteiger partial charge in [0.05, 0.1) is 21.4 Å². The summed E-state index contributed by atoms with van der Waals surface area (Å²) >= 11 is 9.09. The van der Waals surface area contributed by atoms with E-state index in [-0.39, 0.29) is 5.91 Å². The standard InChI is InChI=1S/C22H17Br2IN2O3/c1-29-21-11-16(5-8-19(21)25)22(28)27-26-12-15-4-9-20(18(24)10-15)30-13-14-2-6-17(23)7-3-14/h2-12H,13H2,1H3,(H,27,28)/b26-12-. The fourth-order valence-corrected chi connectivity index (χ4v) is 3.82. The summed E-state index contributed by atoms with van der Waals surface area (Å²) in [5, 5.41) is 4.04. The van der Waals surface area contributed by atoms with Gasteiger partial charge in [0.2, 0.25) is 0 Å². The number of ether oxygens (including phenoxy) is 2. The molecule has 0 aliphatic rings. The second kappa shape index (κ2) is 10.9. The molecule has 0 saturated carbocycles. The number of benzene rings is 3. The first kappa shape index (κ1) is 22.8. The van der Waals surface area contributed by atoms with E-state index >= 15 is 0 Å². The van der Waals surface area contributed by atoms with Crippen LogP contribution in [0, 0.1) is 3.57 Å². The first-order valence-electron chi connectivity index (χ1n) is 8.80. The monoisotopic (exact) mass is 642 g/mol. The van der Waals surface area contributed by atoms with E-state index in [1.807, 2.05) is 48.5 Å². The molecule has 0 radical (unpaired) electrons. The van der Waals surface area contributed by atoms with E-state index in [1.54, 1.807) is 25.5 Å². The SMILES string of the molecule is COc1cc(C(=O)N/N=C\c2ccc(OCc3ccc(Br)cc3)c(Br)c2)ccc1I. The number of nitrogens with zero attached hydrogens (tertiary/aromatic N) is 1. The Balaban J connectivity index is 1.58. The minimum atomic E-state index is -0.311. The lowest BCUT2D eigenvalue weighted by atomic mass is 10.2. The van der Waals surface area contributed by atoms with Gasteiger partial charge in [0.1, 0.15) is 18.1 Å². The molecule has 0 atom stereocenters. The number of amides is 1. The molecule has 0 spiro atoms. The van der Waals surface area contributed by atoms with Gasteiger partial charge in [-0.1, -0.05) is 28.1 Å². The molecule has 3 rings (SSSR count). The van der Waals surface area contributed by atoms with Crippen molar-refractivity contribution in [2.45, 2.75) is 6.61 Å². The Hall–Kier alpha value is -1.91. The number of carbonyl (C=O) groups excluding carboxylic acids is 1. The zero-order valence-corrected chi connectivity index (χ0v) is 21.2. The predicted molar refractivity (Wildman–Crippen MR) is 133 cm³/mol. The lowest BCUT2D eigenvalue weighted by Crippen LogP contribution is -2.17. The normalized spacial score (nSPS) is 10.8. The fourth-order valence-electron chi connectivity index (χ4n) is 2.49. The first-order valence-corrected chi connectivity index (χ1v) is 11.5. The summed E-state index contributed by atoms with van der Waals surface area (Å²) in [5.74, 6) is 1.06. The largest absolute Gasteiger partial charge is 0.496 e. The van der Waals surface area contributed by atoms with Gasteiger partial charge < -0.3 is 9.47 Å². The molecule has 1 N–H and O–H groups in total. The third kappa shape index (κ3) is 6.29. The Morgan fingerprint density at radius 2 is 1.83 bits per heavy atom. The summed E-state index contributed by atoms with van der Waals surface area (Å²) in [4.78, 5) is 12.3. The Labute approximate surface area is 205 Å². The Kier molecular flexibility index (Phi) is 8.29. The lowest BCUT2D eigenvalue weighted by molar-refractivity contribution is 0.0954. The molecule has 0 aromatic heterocycles. The van der Waals surface area contributed by atoms with Crippen LogP contribution in [0.1, 0.15) is 21.5 Å². The maximum Gasteiger partial charge on any atom is 0.271 e. The predicted octanol–water partition coefficient (Wildman–Crippen LogP) is 6.17. The Morgan fingerprint density at radius 3 is 2.53 bits per heavy atom. The fraction of sp³-hybridized carbons (Fsp3) is 0.0909. The molecular weight excluding hydrogens is 627 g/mol. The number of hydrazone groups is 1. The third-order valence-electron chi connectivity index (χ3n) is 4.06. The molecule has 0 aliphatic heterocycles.